The fraction of sp³-hybridized carbons (Fsp3) is 0.467. The number of methoxy groups -OCH3 is 1. The molecule has 2 saturated heterocycles. The Morgan fingerprint density at radius 1 is 1.41 bits per heavy atom. The van der Waals surface area contributed by atoms with Crippen molar-refractivity contribution in [3.8, 4) is 0 Å². The molecule has 118 valence electrons. The molecule has 1 aromatic carbocycles. The second kappa shape index (κ2) is 5.35. The van der Waals surface area contributed by atoms with Gasteiger partial charge < -0.3 is 24.1 Å². The van der Waals surface area contributed by atoms with Crippen molar-refractivity contribution < 1.29 is 33.6 Å². The van der Waals surface area contributed by atoms with Crippen LogP contribution in [0, 0.1) is 0 Å². The molecule has 2 aliphatic heterocycles. The highest BCUT2D eigenvalue weighted by Gasteiger charge is 2.77. The number of hydrogen-bond donors (Lipinski definition) is 1. The Kier molecular flexibility index (Phi) is 3.64. The fourth-order valence-electron chi connectivity index (χ4n) is 2.82. The minimum atomic E-state index is -2.16. The molecular weight excluding hydrogens is 292 g/mol. The van der Waals surface area contributed by atoms with Gasteiger partial charge in [-0.05, 0) is 5.56 Å². The molecule has 0 radical (unpaired) electrons. The van der Waals surface area contributed by atoms with Crippen LogP contribution in [0.1, 0.15) is 5.56 Å². The van der Waals surface area contributed by atoms with Gasteiger partial charge in [-0.2, -0.15) is 0 Å². The van der Waals surface area contributed by atoms with Crippen molar-refractivity contribution in [2.45, 2.75) is 23.9 Å². The zero-order valence-electron chi connectivity index (χ0n) is 12.0. The Morgan fingerprint density at radius 2 is 2.14 bits per heavy atom. The molecule has 0 aliphatic carbocycles. The average Bonchev–Trinajstić information content (AvgIpc) is 2.98. The number of hydrogen-bond acceptors (Lipinski definition) is 7. The molecule has 2 fully saturated rings. The third-order valence-corrected chi connectivity index (χ3v) is 4.07. The van der Waals surface area contributed by atoms with Gasteiger partial charge in [0.15, 0.2) is 5.60 Å². The van der Waals surface area contributed by atoms with Crippen molar-refractivity contribution in [1.82, 2.24) is 0 Å². The number of aliphatic hydroxyl groups is 1. The van der Waals surface area contributed by atoms with Gasteiger partial charge in [-0.15, -0.1) is 0 Å². The molecule has 1 aromatic rings. The lowest BCUT2D eigenvalue weighted by molar-refractivity contribution is -0.186. The van der Waals surface area contributed by atoms with Crippen molar-refractivity contribution >= 4 is 11.9 Å². The van der Waals surface area contributed by atoms with E-state index in [9.17, 15) is 14.7 Å². The van der Waals surface area contributed by atoms with Crippen LogP contribution in [0.2, 0.25) is 0 Å². The molecule has 0 aromatic heterocycles. The molecular formula is C15H16O7. The van der Waals surface area contributed by atoms with E-state index >= 15 is 0 Å². The van der Waals surface area contributed by atoms with Gasteiger partial charge in [-0.25, -0.2) is 9.59 Å². The fourth-order valence-corrected chi connectivity index (χ4v) is 2.82. The first-order valence-corrected chi connectivity index (χ1v) is 6.82. The maximum Gasteiger partial charge on any atom is 0.353 e. The first kappa shape index (κ1) is 15.0. The largest absolute Gasteiger partial charge is 0.466 e. The van der Waals surface area contributed by atoms with Crippen LogP contribution in [-0.4, -0.2) is 54.7 Å². The normalized spacial score (nSPS) is 33.4. The standard InChI is InChI=1S/C15H16O7/c1-19-12(16)15-13(17)21-9-14(15,18)11(8-22-15)20-7-10-5-3-2-4-6-10/h2-6,11,18H,7-9H2,1H3/t11-,14-,15+/m1/s1. The van der Waals surface area contributed by atoms with Gasteiger partial charge in [0.25, 0.3) is 5.60 Å². The van der Waals surface area contributed by atoms with Gasteiger partial charge in [-0.1, -0.05) is 30.3 Å². The van der Waals surface area contributed by atoms with E-state index in [1.807, 2.05) is 30.3 Å². The first-order valence-electron chi connectivity index (χ1n) is 6.82. The summed E-state index contributed by atoms with van der Waals surface area (Å²) in [6.07, 6.45) is -0.877. The first-order chi connectivity index (χ1) is 10.5. The second-order valence-corrected chi connectivity index (χ2v) is 5.27. The lowest BCUT2D eigenvalue weighted by Crippen LogP contribution is -2.62. The minimum absolute atomic E-state index is 0.104. The van der Waals surface area contributed by atoms with Crippen LogP contribution in [0.3, 0.4) is 0 Å². The Hall–Kier alpha value is -1.96. The molecule has 0 amide bonds. The highest BCUT2D eigenvalue weighted by atomic mass is 16.7. The quantitative estimate of drug-likeness (QED) is 0.608. The van der Waals surface area contributed by atoms with Crippen LogP contribution in [0.25, 0.3) is 0 Å². The molecule has 7 nitrogen and oxygen atoms in total. The SMILES string of the molecule is COC(=O)[C@@]12OC[C@@H](OCc3ccccc3)[C@]1(O)COC2=O. The van der Waals surface area contributed by atoms with Crippen molar-refractivity contribution in [3.63, 3.8) is 0 Å². The Labute approximate surface area is 126 Å². The average molecular weight is 308 g/mol. The molecule has 7 heteroatoms. The summed E-state index contributed by atoms with van der Waals surface area (Å²) in [5.74, 6) is -1.93. The van der Waals surface area contributed by atoms with Crippen LogP contribution >= 0.6 is 0 Å². The number of rotatable bonds is 4. The predicted molar refractivity (Wildman–Crippen MR) is 71.6 cm³/mol. The van der Waals surface area contributed by atoms with Gasteiger partial charge in [0.05, 0.1) is 20.3 Å². The van der Waals surface area contributed by atoms with Crippen molar-refractivity contribution in [1.29, 1.82) is 0 Å². The molecule has 0 saturated carbocycles. The molecule has 0 unspecified atom stereocenters. The van der Waals surface area contributed by atoms with E-state index in [1.54, 1.807) is 0 Å². The number of cyclic esters (lactones) is 1. The summed E-state index contributed by atoms with van der Waals surface area (Å²) in [5, 5.41) is 10.8. The molecule has 0 spiro atoms. The van der Waals surface area contributed by atoms with Gasteiger partial charge >= 0.3 is 11.9 Å². The zero-order valence-corrected chi connectivity index (χ0v) is 12.0. The number of esters is 2. The number of benzene rings is 1. The van der Waals surface area contributed by atoms with E-state index in [4.69, 9.17) is 14.2 Å². The van der Waals surface area contributed by atoms with Gasteiger partial charge in [0.2, 0.25) is 0 Å². The monoisotopic (exact) mass is 308 g/mol. The maximum absolute atomic E-state index is 12.0. The Balaban J connectivity index is 1.81. The molecule has 2 aliphatic rings. The summed E-state index contributed by atoms with van der Waals surface area (Å²) in [6.45, 7) is -0.267. The molecule has 22 heavy (non-hydrogen) atoms. The zero-order chi connectivity index (χ0) is 15.8. The van der Waals surface area contributed by atoms with Crippen molar-refractivity contribution in [2.24, 2.45) is 0 Å². The topological polar surface area (TPSA) is 91.3 Å². The molecule has 3 atom stereocenters. The third-order valence-electron chi connectivity index (χ3n) is 4.07. The summed E-state index contributed by atoms with van der Waals surface area (Å²) >= 11 is 0. The molecule has 3 rings (SSSR count). The summed E-state index contributed by atoms with van der Waals surface area (Å²) < 4.78 is 20.4. The third kappa shape index (κ3) is 1.93. The summed E-state index contributed by atoms with van der Waals surface area (Å²) in [5.41, 5.74) is -3.17. The number of ether oxygens (including phenoxy) is 4. The van der Waals surface area contributed by atoms with E-state index in [0.717, 1.165) is 12.7 Å². The van der Waals surface area contributed by atoms with Crippen LogP contribution in [-0.2, 0) is 35.1 Å². The smallest absolute Gasteiger partial charge is 0.353 e. The predicted octanol–water partition coefficient (Wildman–Crippen LogP) is -0.198. The molecule has 1 N–H and O–H groups in total. The molecule has 0 bridgehead atoms. The van der Waals surface area contributed by atoms with Crippen LogP contribution < -0.4 is 0 Å². The Bertz CT molecular complexity index is 587. The van der Waals surface area contributed by atoms with E-state index in [2.05, 4.69) is 4.74 Å². The van der Waals surface area contributed by atoms with Crippen molar-refractivity contribution in [3.05, 3.63) is 35.9 Å². The summed E-state index contributed by atoms with van der Waals surface area (Å²) in [4.78, 5) is 23.9. The highest BCUT2D eigenvalue weighted by molar-refractivity contribution is 6.07. The lowest BCUT2D eigenvalue weighted by Gasteiger charge is -2.30. The van der Waals surface area contributed by atoms with Crippen molar-refractivity contribution in [2.75, 3.05) is 20.3 Å². The van der Waals surface area contributed by atoms with Crippen LogP contribution in [0.15, 0.2) is 30.3 Å². The number of carbonyl (C=O) groups is 2. The van der Waals surface area contributed by atoms with Gasteiger partial charge in [0, 0.05) is 0 Å². The number of fused-ring (bicyclic) bond motifs is 1. The van der Waals surface area contributed by atoms with Gasteiger partial charge in [-0.3, -0.25) is 0 Å². The molecule has 2 heterocycles. The van der Waals surface area contributed by atoms with Crippen LogP contribution in [0.5, 0.6) is 0 Å². The number of carbonyl (C=O) groups excluding carboxylic acids is 2. The second-order valence-electron chi connectivity index (χ2n) is 5.27. The minimum Gasteiger partial charge on any atom is -0.466 e. The lowest BCUT2D eigenvalue weighted by atomic mass is 9.83. The summed E-state index contributed by atoms with van der Waals surface area (Å²) in [7, 11) is 1.12. The van der Waals surface area contributed by atoms with E-state index < -0.39 is 29.2 Å². The highest BCUT2D eigenvalue weighted by Crippen LogP contribution is 2.44. The summed E-state index contributed by atoms with van der Waals surface area (Å²) in [6, 6.07) is 9.33. The Morgan fingerprint density at radius 3 is 2.82 bits per heavy atom. The van der Waals surface area contributed by atoms with E-state index in [-0.39, 0.29) is 19.8 Å². The van der Waals surface area contributed by atoms with E-state index in [0.29, 0.717) is 0 Å². The van der Waals surface area contributed by atoms with Crippen LogP contribution in [0.4, 0.5) is 0 Å². The van der Waals surface area contributed by atoms with E-state index in [1.165, 1.54) is 0 Å². The van der Waals surface area contributed by atoms with Gasteiger partial charge in [0.1, 0.15) is 12.7 Å². The maximum atomic E-state index is 12.0.